The molecule has 0 radical (unpaired) electrons. The Morgan fingerprint density at radius 1 is 1.45 bits per heavy atom. The van der Waals surface area contributed by atoms with Crippen LogP contribution in [0.4, 0.5) is 5.82 Å². The molecule has 3 rings (SSSR count). The lowest BCUT2D eigenvalue weighted by molar-refractivity contribution is 0.0917. The minimum Gasteiger partial charge on any atom is -0.391 e. The van der Waals surface area contributed by atoms with Gasteiger partial charge in [-0.3, -0.25) is 0 Å². The van der Waals surface area contributed by atoms with Gasteiger partial charge in [0.15, 0.2) is 0 Å². The largest absolute Gasteiger partial charge is 0.391 e. The molecule has 4 atom stereocenters. The molecule has 22 heavy (non-hydrogen) atoms. The Morgan fingerprint density at radius 3 is 2.95 bits per heavy atom. The summed E-state index contributed by atoms with van der Waals surface area (Å²) in [4.78, 5) is 10.7. The van der Waals surface area contributed by atoms with Gasteiger partial charge in [0.25, 0.3) is 0 Å². The average Bonchev–Trinajstić information content (AvgIpc) is 3.05. The van der Waals surface area contributed by atoms with Gasteiger partial charge in [-0.05, 0) is 37.9 Å². The molecule has 0 spiro atoms. The molecular formula is C16H25N5O. The number of aliphatic hydroxyl groups excluding tert-OH is 1. The Kier molecular flexibility index (Phi) is 4.06. The van der Waals surface area contributed by atoms with E-state index < -0.39 is 0 Å². The molecule has 3 N–H and O–H groups in total. The fraction of sp³-hybridized carbons (Fsp3) is 0.625. The summed E-state index contributed by atoms with van der Waals surface area (Å²) < 4.78 is 2.07. The summed E-state index contributed by atoms with van der Waals surface area (Å²) in [7, 11) is 2.13. The summed E-state index contributed by atoms with van der Waals surface area (Å²) in [6, 6.07) is 1.99. The van der Waals surface area contributed by atoms with Gasteiger partial charge in [0.05, 0.1) is 17.5 Å². The molecule has 4 unspecified atom stereocenters. The lowest BCUT2D eigenvalue weighted by atomic mass is 9.96. The molecule has 0 amide bonds. The normalized spacial score (nSPS) is 28.8. The minimum atomic E-state index is -0.359. The van der Waals surface area contributed by atoms with Gasteiger partial charge >= 0.3 is 0 Å². The number of fused-ring (bicyclic) bond motifs is 1. The standard InChI is InChI=1S/C16H25N5O/c1-4-20(3)8-11-7-13(14(22)10(11)2)21-6-5-12-15(17)18-9-19-16(12)21/h5-6,9-11,13-14,22H,4,7-8H2,1-3H3,(H2,17,18,19). The zero-order valence-electron chi connectivity index (χ0n) is 13.5. The molecular weight excluding hydrogens is 278 g/mol. The summed E-state index contributed by atoms with van der Waals surface area (Å²) in [6.07, 6.45) is 4.06. The van der Waals surface area contributed by atoms with Gasteiger partial charge in [0.1, 0.15) is 17.8 Å². The van der Waals surface area contributed by atoms with Gasteiger partial charge < -0.3 is 20.3 Å². The van der Waals surface area contributed by atoms with E-state index in [9.17, 15) is 5.11 Å². The topological polar surface area (TPSA) is 80.2 Å². The van der Waals surface area contributed by atoms with Crippen LogP contribution in [0.1, 0.15) is 26.3 Å². The van der Waals surface area contributed by atoms with Crippen molar-refractivity contribution in [2.75, 3.05) is 25.9 Å². The van der Waals surface area contributed by atoms with Gasteiger partial charge in [0.2, 0.25) is 0 Å². The van der Waals surface area contributed by atoms with Crippen LogP contribution in [0.2, 0.25) is 0 Å². The van der Waals surface area contributed by atoms with Crippen LogP contribution in [0.5, 0.6) is 0 Å². The maximum Gasteiger partial charge on any atom is 0.145 e. The number of aromatic nitrogens is 3. The smallest absolute Gasteiger partial charge is 0.145 e. The molecule has 1 fully saturated rings. The number of nitrogens with zero attached hydrogens (tertiary/aromatic N) is 4. The number of rotatable bonds is 4. The van der Waals surface area contributed by atoms with E-state index in [0.29, 0.717) is 11.7 Å². The van der Waals surface area contributed by atoms with Crippen molar-refractivity contribution in [1.29, 1.82) is 0 Å². The number of nitrogens with two attached hydrogens (primary N) is 1. The van der Waals surface area contributed by atoms with E-state index in [0.717, 1.165) is 30.5 Å². The van der Waals surface area contributed by atoms with Crippen molar-refractivity contribution in [1.82, 2.24) is 19.4 Å². The average molecular weight is 303 g/mol. The van der Waals surface area contributed by atoms with Gasteiger partial charge in [0, 0.05) is 12.7 Å². The van der Waals surface area contributed by atoms with E-state index in [2.05, 4.69) is 40.3 Å². The molecule has 0 aromatic carbocycles. The van der Waals surface area contributed by atoms with Crippen LogP contribution in [0, 0.1) is 11.8 Å². The highest BCUT2D eigenvalue weighted by molar-refractivity contribution is 5.86. The quantitative estimate of drug-likeness (QED) is 0.895. The van der Waals surface area contributed by atoms with Gasteiger partial charge in [-0.1, -0.05) is 13.8 Å². The fourth-order valence-electron chi connectivity index (χ4n) is 3.60. The first-order valence-electron chi connectivity index (χ1n) is 7.96. The maximum atomic E-state index is 10.7. The highest BCUT2D eigenvalue weighted by Gasteiger charge is 2.41. The highest BCUT2D eigenvalue weighted by atomic mass is 16.3. The van der Waals surface area contributed by atoms with Crippen LogP contribution in [0.25, 0.3) is 11.0 Å². The van der Waals surface area contributed by atoms with E-state index in [1.807, 2.05) is 12.3 Å². The number of aliphatic hydroxyl groups is 1. The van der Waals surface area contributed by atoms with Crippen LogP contribution < -0.4 is 5.73 Å². The zero-order chi connectivity index (χ0) is 15.9. The molecule has 6 heteroatoms. The summed E-state index contributed by atoms with van der Waals surface area (Å²) >= 11 is 0. The molecule has 0 saturated heterocycles. The van der Waals surface area contributed by atoms with Crippen molar-refractivity contribution in [3.05, 3.63) is 18.6 Å². The van der Waals surface area contributed by atoms with E-state index in [1.165, 1.54) is 6.33 Å². The lowest BCUT2D eigenvalue weighted by Gasteiger charge is -2.22. The van der Waals surface area contributed by atoms with Crippen molar-refractivity contribution >= 4 is 16.9 Å². The van der Waals surface area contributed by atoms with Gasteiger partial charge in [-0.15, -0.1) is 0 Å². The number of hydrogen-bond donors (Lipinski definition) is 2. The predicted octanol–water partition coefficient (Wildman–Crippen LogP) is 1.52. The molecule has 0 aliphatic heterocycles. The van der Waals surface area contributed by atoms with Crippen LogP contribution in [0.15, 0.2) is 18.6 Å². The Labute approximate surface area is 131 Å². The third kappa shape index (κ3) is 2.46. The zero-order valence-corrected chi connectivity index (χ0v) is 13.5. The Hall–Kier alpha value is -1.66. The number of nitrogen functional groups attached to an aromatic ring is 1. The molecule has 2 heterocycles. The third-order valence-electron chi connectivity index (χ3n) is 5.20. The van der Waals surface area contributed by atoms with Crippen molar-refractivity contribution in [3.63, 3.8) is 0 Å². The monoisotopic (exact) mass is 303 g/mol. The van der Waals surface area contributed by atoms with E-state index in [1.54, 1.807) is 0 Å². The fourth-order valence-corrected chi connectivity index (χ4v) is 3.60. The van der Waals surface area contributed by atoms with Crippen LogP contribution >= 0.6 is 0 Å². The second kappa shape index (κ2) is 5.85. The second-order valence-electron chi connectivity index (χ2n) is 6.49. The van der Waals surface area contributed by atoms with Crippen LogP contribution in [-0.2, 0) is 0 Å². The number of hydrogen-bond acceptors (Lipinski definition) is 5. The van der Waals surface area contributed by atoms with E-state index >= 15 is 0 Å². The molecule has 1 aliphatic rings. The second-order valence-corrected chi connectivity index (χ2v) is 6.49. The summed E-state index contributed by atoms with van der Waals surface area (Å²) in [5, 5.41) is 11.6. The summed E-state index contributed by atoms with van der Waals surface area (Å²) in [5.41, 5.74) is 6.72. The summed E-state index contributed by atoms with van der Waals surface area (Å²) in [6.45, 7) is 6.35. The van der Waals surface area contributed by atoms with Gasteiger partial charge in [-0.2, -0.15) is 0 Å². The van der Waals surface area contributed by atoms with Crippen molar-refractivity contribution in [2.24, 2.45) is 11.8 Å². The first-order valence-corrected chi connectivity index (χ1v) is 7.96. The SMILES string of the molecule is CCN(C)CC1CC(n2ccc3c(N)ncnc32)C(O)C1C. The summed E-state index contributed by atoms with van der Waals surface area (Å²) in [5.74, 6) is 1.25. The lowest BCUT2D eigenvalue weighted by Crippen LogP contribution is -2.29. The third-order valence-corrected chi connectivity index (χ3v) is 5.20. The van der Waals surface area contributed by atoms with Crippen molar-refractivity contribution in [2.45, 2.75) is 32.4 Å². The number of anilines is 1. The Bertz CT molecular complexity index is 655. The van der Waals surface area contributed by atoms with Crippen LogP contribution in [-0.4, -0.2) is 50.8 Å². The van der Waals surface area contributed by atoms with E-state index in [4.69, 9.17) is 5.73 Å². The van der Waals surface area contributed by atoms with Crippen molar-refractivity contribution < 1.29 is 5.11 Å². The van der Waals surface area contributed by atoms with Gasteiger partial charge in [-0.25, -0.2) is 9.97 Å². The first-order chi connectivity index (χ1) is 10.5. The molecule has 120 valence electrons. The maximum absolute atomic E-state index is 10.7. The molecule has 2 aromatic heterocycles. The molecule has 1 saturated carbocycles. The first kappa shape index (κ1) is 15.2. The molecule has 2 aromatic rings. The van der Waals surface area contributed by atoms with E-state index in [-0.39, 0.29) is 18.1 Å². The Morgan fingerprint density at radius 2 is 2.23 bits per heavy atom. The highest BCUT2D eigenvalue weighted by Crippen LogP contribution is 2.41. The predicted molar refractivity (Wildman–Crippen MR) is 87.4 cm³/mol. The van der Waals surface area contributed by atoms with Crippen LogP contribution in [0.3, 0.4) is 0 Å². The Balaban J connectivity index is 1.89. The molecule has 0 bridgehead atoms. The minimum absolute atomic E-state index is 0.0528. The molecule has 6 nitrogen and oxygen atoms in total. The molecule has 1 aliphatic carbocycles. The van der Waals surface area contributed by atoms with Crippen molar-refractivity contribution in [3.8, 4) is 0 Å².